The molecule has 5 heteroatoms. The molecule has 2 N–H and O–H groups in total. The Morgan fingerprint density at radius 1 is 0.920 bits per heavy atom. The van der Waals surface area contributed by atoms with Crippen molar-refractivity contribution in [3.05, 3.63) is 65.7 Å². The average Bonchev–Trinajstić information content (AvgIpc) is 2.95. The van der Waals surface area contributed by atoms with E-state index in [1.807, 2.05) is 18.2 Å². The van der Waals surface area contributed by atoms with Gasteiger partial charge in [-0.25, -0.2) is 9.37 Å². The minimum Gasteiger partial charge on any atom is -0.326 e. The van der Waals surface area contributed by atoms with Crippen LogP contribution >= 0.6 is 0 Å². The maximum Gasteiger partial charge on any atom is 0.165 e. The highest BCUT2D eigenvalue weighted by Crippen LogP contribution is 2.13. The predicted octanol–water partition coefficient (Wildman–Crippen LogP) is 0.196. The third kappa shape index (κ3) is 3.57. The number of piperazine rings is 1. The molecule has 2 aromatic carbocycles. The molecule has 1 aliphatic rings. The number of para-hydroxylation sites is 2. The topological polar surface area (TPSA) is 26.7 Å². The molecule has 130 valence electrons. The van der Waals surface area contributed by atoms with Gasteiger partial charge in [-0.05, 0) is 24.3 Å². The van der Waals surface area contributed by atoms with Crippen LogP contribution in [-0.4, -0.2) is 35.7 Å². The number of hydrogen-bond donors (Lipinski definition) is 2. The fourth-order valence-electron chi connectivity index (χ4n) is 3.78. The number of nitrogens with one attached hydrogen (secondary N) is 2. The monoisotopic (exact) mass is 340 g/mol. The molecule has 1 aliphatic heterocycles. The summed E-state index contributed by atoms with van der Waals surface area (Å²) >= 11 is 0. The Labute approximate surface area is 147 Å². The maximum absolute atomic E-state index is 13.0. The molecule has 4 nitrogen and oxygen atoms in total. The molecule has 1 fully saturated rings. The standard InChI is InChI=1S/C20H23FN4/c1-23-19-5-3-2-4-18(19)22-20(23)15-25-12-10-24(11-13-25)14-16-6-8-17(21)9-7-16/h2-9H,10-15H2,1H3/p+2. The van der Waals surface area contributed by atoms with Crippen molar-refractivity contribution in [2.24, 2.45) is 7.05 Å². The lowest BCUT2D eigenvalue weighted by molar-refractivity contribution is -1.02. The van der Waals surface area contributed by atoms with Gasteiger partial charge in [-0.3, -0.25) is 0 Å². The van der Waals surface area contributed by atoms with E-state index in [-0.39, 0.29) is 5.82 Å². The number of hydrogen-bond acceptors (Lipinski definition) is 1. The lowest BCUT2D eigenvalue weighted by Gasteiger charge is -2.29. The highest BCUT2D eigenvalue weighted by molar-refractivity contribution is 5.75. The number of fused-ring (bicyclic) bond motifs is 1. The van der Waals surface area contributed by atoms with Gasteiger partial charge in [0.05, 0.1) is 11.0 Å². The molecule has 3 aromatic rings. The summed E-state index contributed by atoms with van der Waals surface area (Å²) in [6, 6.07) is 15.2. The summed E-state index contributed by atoms with van der Waals surface area (Å²) in [4.78, 5) is 7.98. The van der Waals surface area contributed by atoms with Gasteiger partial charge in [0.25, 0.3) is 0 Å². The number of benzene rings is 2. The van der Waals surface area contributed by atoms with Gasteiger partial charge in [0.1, 0.15) is 45.1 Å². The summed E-state index contributed by atoms with van der Waals surface area (Å²) in [6.45, 7) is 6.57. The van der Waals surface area contributed by atoms with Gasteiger partial charge in [0.15, 0.2) is 5.82 Å². The number of aromatic nitrogens is 2. The van der Waals surface area contributed by atoms with E-state index in [1.54, 1.807) is 21.9 Å². The van der Waals surface area contributed by atoms with Gasteiger partial charge in [0, 0.05) is 12.6 Å². The molecule has 0 radical (unpaired) electrons. The zero-order chi connectivity index (χ0) is 17.2. The molecule has 0 atom stereocenters. The summed E-state index contributed by atoms with van der Waals surface area (Å²) in [5.41, 5.74) is 3.51. The second kappa shape index (κ2) is 6.94. The lowest BCUT2D eigenvalue weighted by atomic mass is 10.2. The summed E-state index contributed by atoms with van der Waals surface area (Å²) in [6.07, 6.45) is 0. The molecule has 2 heterocycles. The average molecular weight is 340 g/mol. The van der Waals surface area contributed by atoms with Gasteiger partial charge < -0.3 is 14.4 Å². The Balaban J connectivity index is 1.35. The van der Waals surface area contributed by atoms with E-state index in [1.165, 1.54) is 11.1 Å². The van der Waals surface area contributed by atoms with Crippen molar-refractivity contribution in [3.8, 4) is 0 Å². The first kappa shape index (κ1) is 16.2. The van der Waals surface area contributed by atoms with Crippen molar-refractivity contribution in [2.45, 2.75) is 13.1 Å². The van der Waals surface area contributed by atoms with Gasteiger partial charge >= 0.3 is 0 Å². The number of quaternary nitrogens is 2. The van der Waals surface area contributed by atoms with E-state index in [4.69, 9.17) is 4.98 Å². The molecule has 0 unspecified atom stereocenters. The van der Waals surface area contributed by atoms with Crippen LogP contribution in [0.4, 0.5) is 4.39 Å². The minimum absolute atomic E-state index is 0.157. The number of nitrogens with zero attached hydrogens (tertiary/aromatic N) is 2. The van der Waals surface area contributed by atoms with E-state index in [2.05, 4.69) is 29.8 Å². The number of rotatable bonds is 4. The maximum atomic E-state index is 13.0. The Morgan fingerprint density at radius 3 is 2.24 bits per heavy atom. The van der Waals surface area contributed by atoms with Crippen molar-refractivity contribution >= 4 is 11.0 Å². The molecule has 0 bridgehead atoms. The van der Waals surface area contributed by atoms with Crippen molar-refractivity contribution < 1.29 is 14.2 Å². The van der Waals surface area contributed by atoms with Crippen LogP contribution in [0.15, 0.2) is 48.5 Å². The van der Waals surface area contributed by atoms with Crippen LogP contribution in [0.5, 0.6) is 0 Å². The van der Waals surface area contributed by atoms with Crippen molar-refractivity contribution in [2.75, 3.05) is 26.2 Å². The SMILES string of the molecule is Cn1c(C[NH+]2CC[NH+](Cc3ccc(F)cc3)CC2)nc2ccccc21. The van der Waals surface area contributed by atoms with Crippen molar-refractivity contribution in [1.29, 1.82) is 0 Å². The molecule has 25 heavy (non-hydrogen) atoms. The molecule has 1 aromatic heterocycles. The van der Waals surface area contributed by atoms with Crippen LogP contribution in [0.2, 0.25) is 0 Å². The molecule has 0 spiro atoms. The van der Waals surface area contributed by atoms with Crippen LogP contribution < -0.4 is 9.80 Å². The second-order valence-electron chi connectivity index (χ2n) is 7.06. The van der Waals surface area contributed by atoms with Gasteiger partial charge in [-0.2, -0.15) is 0 Å². The first-order valence-corrected chi connectivity index (χ1v) is 9.01. The number of aryl methyl sites for hydroxylation is 1. The normalized spacial score (nSPS) is 20.9. The summed E-state index contributed by atoms with van der Waals surface area (Å²) < 4.78 is 15.2. The molecule has 1 saturated heterocycles. The molecule has 0 amide bonds. The molecule has 0 aliphatic carbocycles. The highest BCUT2D eigenvalue weighted by atomic mass is 19.1. The Morgan fingerprint density at radius 2 is 1.56 bits per heavy atom. The Kier molecular flexibility index (Phi) is 4.51. The third-order valence-electron chi connectivity index (χ3n) is 5.32. The molecular formula is C20H25FN4+2. The van der Waals surface area contributed by atoms with E-state index in [0.717, 1.165) is 50.6 Å². The number of imidazole rings is 1. The first-order chi connectivity index (χ1) is 12.2. The van der Waals surface area contributed by atoms with Gasteiger partial charge in [-0.1, -0.05) is 24.3 Å². The van der Waals surface area contributed by atoms with Crippen LogP contribution in [0.3, 0.4) is 0 Å². The second-order valence-corrected chi connectivity index (χ2v) is 7.06. The van der Waals surface area contributed by atoms with E-state index >= 15 is 0 Å². The Hall–Kier alpha value is -2.24. The van der Waals surface area contributed by atoms with E-state index < -0.39 is 0 Å². The van der Waals surface area contributed by atoms with E-state index in [9.17, 15) is 4.39 Å². The highest BCUT2D eigenvalue weighted by Gasteiger charge is 2.24. The molecule has 0 saturated carbocycles. The van der Waals surface area contributed by atoms with Crippen LogP contribution in [0.25, 0.3) is 11.0 Å². The fourth-order valence-corrected chi connectivity index (χ4v) is 3.78. The van der Waals surface area contributed by atoms with Gasteiger partial charge in [0.2, 0.25) is 0 Å². The summed E-state index contributed by atoms with van der Waals surface area (Å²) in [7, 11) is 2.11. The first-order valence-electron chi connectivity index (χ1n) is 9.01. The third-order valence-corrected chi connectivity index (χ3v) is 5.32. The number of halogens is 1. The fraction of sp³-hybridized carbons (Fsp3) is 0.350. The van der Waals surface area contributed by atoms with Crippen LogP contribution in [-0.2, 0) is 20.1 Å². The zero-order valence-electron chi connectivity index (χ0n) is 14.6. The largest absolute Gasteiger partial charge is 0.326 e. The van der Waals surface area contributed by atoms with Crippen molar-refractivity contribution in [1.82, 2.24) is 9.55 Å². The van der Waals surface area contributed by atoms with E-state index in [0.29, 0.717) is 0 Å². The smallest absolute Gasteiger partial charge is 0.165 e. The van der Waals surface area contributed by atoms with Gasteiger partial charge in [-0.15, -0.1) is 0 Å². The summed E-state index contributed by atoms with van der Waals surface area (Å²) in [5, 5.41) is 0. The molecular weight excluding hydrogens is 315 g/mol. The lowest BCUT2D eigenvalue weighted by Crippen LogP contribution is -3.27. The quantitative estimate of drug-likeness (QED) is 0.697. The van der Waals surface area contributed by atoms with Crippen molar-refractivity contribution in [3.63, 3.8) is 0 Å². The minimum atomic E-state index is -0.157. The summed E-state index contributed by atoms with van der Waals surface area (Å²) in [5.74, 6) is 1.01. The zero-order valence-corrected chi connectivity index (χ0v) is 14.6. The Bertz CT molecular complexity index is 848. The van der Waals surface area contributed by atoms with Crippen LogP contribution in [0.1, 0.15) is 11.4 Å². The predicted molar refractivity (Wildman–Crippen MR) is 95.9 cm³/mol. The molecule has 4 rings (SSSR count). The van der Waals surface area contributed by atoms with Crippen LogP contribution in [0, 0.1) is 5.82 Å².